The van der Waals surface area contributed by atoms with Crippen LogP contribution in [0.1, 0.15) is 24.4 Å². The van der Waals surface area contributed by atoms with Crippen molar-refractivity contribution in [3.63, 3.8) is 0 Å². The van der Waals surface area contributed by atoms with Crippen LogP contribution in [-0.4, -0.2) is 16.3 Å². The van der Waals surface area contributed by atoms with E-state index in [0.717, 1.165) is 16.9 Å². The number of aliphatic hydroxyl groups is 1. The van der Waals surface area contributed by atoms with E-state index in [9.17, 15) is 9.90 Å². The lowest BCUT2D eigenvalue weighted by Crippen LogP contribution is -2.19. The second-order valence-corrected chi connectivity index (χ2v) is 5.91. The van der Waals surface area contributed by atoms with E-state index in [1.807, 2.05) is 36.4 Å². The van der Waals surface area contributed by atoms with Gasteiger partial charge in [-0.1, -0.05) is 17.3 Å². The van der Waals surface area contributed by atoms with Gasteiger partial charge in [-0.05, 0) is 55.8 Å². The van der Waals surface area contributed by atoms with Gasteiger partial charge in [0.25, 0.3) is 0 Å². The summed E-state index contributed by atoms with van der Waals surface area (Å²) in [7, 11) is 0. The topological polar surface area (TPSA) is 99.4 Å². The van der Waals surface area contributed by atoms with E-state index < -0.39 is 12.1 Å². The monoisotopic (exact) mass is 352 g/mol. The minimum atomic E-state index is -0.518. The first-order valence-corrected chi connectivity index (χ1v) is 8.16. The zero-order chi connectivity index (χ0) is 18.5. The summed E-state index contributed by atoms with van der Waals surface area (Å²) >= 11 is 0. The number of hydrogen-bond donors (Lipinski definition) is 4. The van der Waals surface area contributed by atoms with Crippen LogP contribution >= 0.6 is 0 Å². The Morgan fingerprint density at radius 2 is 1.77 bits per heavy atom. The lowest BCUT2D eigenvalue weighted by atomic mass is 10.1. The summed E-state index contributed by atoms with van der Waals surface area (Å²) in [4.78, 5) is 11.9. The Bertz CT molecular complexity index is 888. The smallest absolute Gasteiger partial charge is 0.324 e. The molecule has 2 amide bonds. The second-order valence-electron chi connectivity index (χ2n) is 5.91. The number of aromatic nitrogens is 1. The molecular weight excluding hydrogens is 332 g/mol. The molecule has 0 bridgehead atoms. The molecule has 0 aliphatic carbocycles. The molecule has 1 heterocycles. The normalized spacial score (nSPS) is 11.7. The van der Waals surface area contributed by atoms with Gasteiger partial charge in [-0.15, -0.1) is 0 Å². The summed E-state index contributed by atoms with van der Waals surface area (Å²) in [6.07, 6.45) is -0.518. The van der Waals surface area contributed by atoms with Crippen LogP contribution in [0.4, 0.5) is 27.7 Å². The molecule has 7 nitrogen and oxygen atoms in total. The first-order valence-electron chi connectivity index (χ1n) is 8.16. The maximum atomic E-state index is 11.9. The predicted octanol–water partition coefficient (Wildman–Crippen LogP) is 4.42. The SMILES string of the molecule is Cc1cc(NC(=O)Nc2ccc(Nc3cccc(C(C)O)c3)cc2)no1. The maximum Gasteiger partial charge on any atom is 0.324 e. The van der Waals surface area contributed by atoms with Gasteiger partial charge in [-0.3, -0.25) is 5.32 Å². The molecule has 0 radical (unpaired) electrons. The van der Waals surface area contributed by atoms with Crippen molar-refractivity contribution in [3.8, 4) is 0 Å². The number of urea groups is 1. The molecule has 0 aliphatic rings. The Kier molecular flexibility index (Phi) is 5.19. The molecule has 1 unspecified atom stereocenters. The van der Waals surface area contributed by atoms with Crippen LogP contribution in [0.3, 0.4) is 0 Å². The van der Waals surface area contributed by atoms with Crippen LogP contribution in [0.2, 0.25) is 0 Å². The van der Waals surface area contributed by atoms with Crippen LogP contribution in [0.25, 0.3) is 0 Å². The van der Waals surface area contributed by atoms with Crippen molar-refractivity contribution < 1.29 is 14.4 Å². The van der Waals surface area contributed by atoms with Gasteiger partial charge in [0.1, 0.15) is 5.76 Å². The third-order valence-electron chi connectivity index (χ3n) is 3.67. The maximum absolute atomic E-state index is 11.9. The zero-order valence-electron chi connectivity index (χ0n) is 14.5. The van der Waals surface area contributed by atoms with Gasteiger partial charge in [-0.25, -0.2) is 4.79 Å². The molecule has 0 fully saturated rings. The third-order valence-corrected chi connectivity index (χ3v) is 3.67. The van der Waals surface area contributed by atoms with Gasteiger partial charge in [0.15, 0.2) is 5.82 Å². The number of amides is 2. The number of benzene rings is 2. The highest BCUT2D eigenvalue weighted by atomic mass is 16.5. The van der Waals surface area contributed by atoms with E-state index >= 15 is 0 Å². The van der Waals surface area contributed by atoms with Crippen molar-refractivity contribution in [2.24, 2.45) is 0 Å². The van der Waals surface area contributed by atoms with Crippen LogP contribution in [0.5, 0.6) is 0 Å². The number of rotatable bonds is 5. The van der Waals surface area contributed by atoms with Crippen molar-refractivity contribution >= 4 is 28.9 Å². The number of nitrogens with zero attached hydrogens (tertiary/aromatic N) is 1. The highest BCUT2D eigenvalue weighted by Crippen LogP contribution is 2.22. The average Bonchev–Trinajstić information content (AvgIpc) is 3.01. The zero-order valence-corrected chi connectivity index (χ0v) is 14.5. The van der Waals surface area contributed by atoms with Crippen LogP contribution in [-0.2, 0) is 0 Å². The summed E-state index contributed by atoms with van der Waals surface area (Å²) in [5.41, 5.74) is 3.23. The summed E-state index contributed by atoms with van der Waals surface area (Å²) in [5.74, 6) is 0.978. The number of carbonyl (C=O) groups is 1. The van der Waals surface area contributed by atoms with E-state index in [0.29, 0.717) is 17.3 Å². The molecule has 0 saturated carbocycles. The molecule has 0 aliphatic heterocycles. The Balaban J connectivity index is 1.59. The third kappa shape index (κ3) is 4.61. The van der Waals surface area contributed by atoms with E-state index in [2.05, 4.69) is 21.1 Å². The predicted molar refractivity (Wildman–Crippen MR) is 101 cm³/mol. The Hall–Kier alpha value is -3.32. The molecule has 134 valence electrons. The quantitative estimate of drug-likeness (QED) is 0.544. The minimum Gasteiger partial charge on any atom is -0.389 e. The Morgan fingerprint density at radius 1 is 1.04 bits per heavy atom. The average molecular weight is 352 g/mol. The fourth-order valence-corrected chi connectivity index (χ4v) is 2.38. The number of anilines is 4. The molecular formula is C19H20N4O3. The molecule has 7 heteroatoms. The van der Waals surface area contributed by atoms with E-state index in [1.165, 1.54) is 0 Å². The molecule has 2 aromatic carbocycles. The van der Waals surface area contributed by atoms with Crippen molar-refractivity contribution in [1.29, 1.82) is 0 Å². The number of carbonyl (C=O) groups excluding carboxylic acids is 1. The van der Waals surface area contributed by atoms with Crippen molar-refractivity contribution in [2.75, 3.05) is 16.0 Å². The molecule has 3 rings (SSSR count). The molecule has 4 N–H and O–H groups in total. The summed E-state index contributed by atoms with van der Waals surface area (Å²) in [5, 5.41) is 21.9. The van der Waals surface area contributed by atoms with Crippen LogP contribution in [0.15, 0.2) is 59.1 Å². The minimum absolute atomic E-state index is 0.358. The number of aryl methyl sites for hydroxylation is 1. The van der Waals surface area contributed by atoms with Gasteiger partial charge in [0.2, 0.25) is 0 Å². The molecule has 0 saturated heterocycles. The summed E-state index contributed by atoms with van der Waals surface area (Å²) in [6, 6.07) is 16.1. The molecule has 1 aromatic heterocycles. The van der Waals surface area contributed by atoms with Crippen LogP contribution in [0, 0.1) is 6.92 Å². The van der Waals surface area contributed by atoms with E-state index in [1.54, 1.807) is 32.0 Å². The van der Waals surface area contributed by atoms with Crippen molar-refractivity contribution in [2.45, 2.75) is 20.0 Å². The molecule has 1 atom stereocenters. The summed E-state index contributed by atoms with van der Waals surface area (Å²) in [6.45, 7) is 3.48. The highest BCUT2D eigenvalue weighted by molar-refractivity contribution is 5.99. The van der Waals surface area contributed by atoms with E-state index in [4.69, 9.17) is 4.52 Å². The van der Waals surface area contributed by atoms with Gasteiger partial charge >= 0.3 is 6.03 Å². The van der Waals surface area contributed by atoms with E-state index in [-0.39, 0.29) is 0 Å². The van der Waals surface area contributed by atoms with Gasteiger partial charge in [0, 0.05) is 23.1 Å². The Morgan fingerprint density at radius 3 is 2.42 bits per heavy atom. The van der Waals surface area contributed by atoms with Gasteiger partial charge in [-0.2, -0.15) is 0 Å². The molecule has 3 aromatic rings. The van der Waals surface area contributed by atoms with Crippen molar-refractivity contribution in [3.05, 3.63) is 65.9 Å². The highest BCUT2D eigenvalue weighted by Gasteiger charge is 2.06. The Labute approximate surface area is 151 Å². The second kappa shape index (κ2) is 7.71. The first-order chi connectivity index (χ1) is 12.5. The van der Waals surface area contributed by atoms with Crippen molar-refractivity contribution in [1.82, 2.24) is 5.16 Å². The number of nitrogens with one attached hydrogen (secondary N) is 3. The van der Waals surface area contributed by atoms with Gasteiger partial charge in [0.05, 0.1) is 6.10 Å². The first kappa shape index (κ1) is 17.5. The fraction of sp³-hybridized carbons (Fsp3) is 0.158. The van der Waals surface area contributed by atoms with Gasteiger partial charge < -0.3 is 20.3 Å². The lowest BCUT2D eigenvalue weighted by molar-refractivity contribution is 0.199. The number of aliphatic hydroxyl groups excluding tert-OH is 1. The fourth-order valence-electron chi connectivity index (χ4n) is 2.38. The lowest BCUT2D eigenvalue weighted by Gasteiger charge is -2.11. The molecule has 0 spiro atoms. The largest absolute Gasteiger partial charge is 0.389 e. The summed E-state index contributed by atoms with van der Waals surface area (Å²) < 4.78 is 4.89. The number of hydrogen-bond acceptors (Lipinski definition) is 5. The molecule has 26 heavy (non-hydrogen) atoms. The standard InChI is InChI=1S/C19H20N4O3/c1-12-10-18(23-26-12)22-19(25)21-16-8-6-15(7-9-16)20-17-5-3-4-14(11-17)13(2)24/h3-11,13,20,24H,1-2H3,(H2,21,22,23,25). The van der Waals surface area contributed by atoms with Crippen LogP contribution < -0.4 is 16.0 Å².